The second kappa shape index (κ2) is 14.9. The van der Waals surface area contributed by atoms with Crippen LogP contribution in [0.5, 0.6) is 0 Å². The monoisotopic (exact) mass is 315 g/mol. The van der Waals surface area contributed by atoms with E-state index >= 15 is 0 Å². The van der Waals surface area contributed by atoms with Gasteiger partial charge in [0.25, 0.3) is 0 Å². The van der Waals surface area contributed by atoms with Gasteiger partial charge < -0.3 is 0 Å². The van der Waals surface area contributed by atoms with E-state index in [-0.39, 0.29) is 0 Å². The highest BCUT2D eigenvalue weighted by Crippen LogP contribution is 2.39. The molecule has 0 aliphatic carbocycles. The topological polar surface area (TPSA) is 0 Å². The minimum Gasteiger partial charge on any atom is -0.0882 e. The van der Waals surface area contributed by atoms with Crippen LogP contribution in [0, 0.1) is 0 Å². The third-order valence-electron chi connectivity index (χ3n) is 4.56. The Hall–Kier alpha value is -0.715. The molecule has 1 atom stereocenters. The first-order valence-corrected chi connectivity index (χ1v) is 9.93. The van der Waals surface area contributed by atoms with Crippen molar-refractivity contribution in [2.75, 3.05) is 0 Å². The summed E-state index contributed by atoms with van der Waals surface area (Å²) in [6.07, 6.45) is 24.4. The van der Waals surface area contributed by atoms with Gasteiger partial charge in [0.2, 0.25) is 0 Å². The molecule has 0 rings (SSSR count). The molecule has 0 heterocycles. The van der Waals surface area contributed by atoms with Crippen molar-refractivity contribution in [3.05, 3.63) is 35.9 Å². The highest BCUT2D eigenvalue weighted by Gasteiger charge is 2.25. The molecule has 131 valence electrons. The van der Waals surface area contributed by atoms with E-state index in [1.165, 1.54) is 69.7 Å². The average Bonchev–Trinajstić information content (AvgIpc) is 2.53. The van der Waals surface area contributed by atoms with Crippen LogP contribution in [0.2, 0.25) is 5.31 Å². The van der Waals surface area contributed by atoms with Crippen LogP contribution >= 0.6 is 0 Å². The molecule has 0 aliphatic rings. The highest BCUT2D eigenvalue weighted by atomic mass is 14.2. The predicted molar refractivity (Wildman–Crippen MR) is 109 cm³/mol. The summed E-state index contributed by atoms with van der Waals surface area (Å²) >= 11 is 0. The van der Waals surface area contributed by atoms with Crippen molar-refractivity contribution >= 4 is 7.28 Å². The first kappa shape index (κ1) is 22.3. The van der Waals surface area contributed by atoms with Crippen LogP contribution in [0.4, 0.5) is 0 Å². The zero-order chi connectivity index (χ0) is 17.4. The smallest absolute Gasteiger partial charge is 0.0882 e. The van der Waals surface area contributed by atoms with Crippen molar-refractivity contribution in [2.45, 2.75) is 104 Å². The maximum absolute atomic E-state index is 2.53. The Morgan fingerprint density at radius 2 is 1.39 bits per heavy atom. The molecule has 23 heavy (non-hydrogen) atoms. The summed E-state index contributed by atoms with van der Waals surface area (Å²) in [5, 5.41) is 0.342. The van der Waals surface area contributed by atoms with Gasteiger partial charge in [-0.15, -0.1) is 0 Å². The molecule has 0 fully saturated rings. The van der Waals surface area contributed by atoms with Crippen molar-refractivity contribution in [3.8, 4) is 0 Å². The second-order valence-electron chi connectivity index (χ2n) is 7.11. The number of hydrogen-bond donors (Lipinski definition) is 0. The fourth-order valence-electron chi connectivity index (χ4n) is 3.13. The summed E-state index contributed by atoms with van der Waals surface area (Å²) in [6, 6.07) is 0. The minimum absolute atomic E-state index is 0.342. The fraction of sp³-hybridized carbons (Fsp3) is 0.727. The average molecular weight is 315 g/mol. The molecule has 1 unspecified atom stereocenters. The molecule has 0 aromatic heterocycles. The maximum Gasteiger partial charge on any atom is 0.158 e. The van der Waals surface area contributed by atoms with Gasteiger partial charge in [0.15, 0.2) is 7.28 Å². The Kier molecular flexibility index (Phi) is 14.4. The normalized spacial score (nSPS) is 15.4. The molecule has 0 N–H and O–H groups in total. The van der Waals surface area contributed by atoms with E-state index < -0.39 is 0 Å². The molecule has 1 radical (unpaired) electrons. The Morgan fingerprint density at radius 1 is 0.826 bits per heavy atom. The summed E-state index contributed by atoms with van der Waals surface area (Å²) in [5.74, 6) is 0. The first-order chi connectivity index (χ1) is 11.1. The second-order valence-corrected chi connectivity index (χ2v) is 7.11. The van der Waals surface area contributed by atoms with Crippen LogP contribution in [0.3, 0.4) is 0 Å². The molecule has 0 amide bonds. The molecule has 0 aromatic rings. The molecule has 0 saturated carbocycles. The first-order valence-electron chi connectivity index (χ1n) is 9.93. The fourth-order valence-corrected chi connectivity index (χ4v) is 3.13. The van der Waals surface area contributed by atoms with Crippen molar-refractivity contribution in [2.24, 2.45) is 0 Å². The molecule has 0 spiro atoms. The lowest BCUT2D eigenvalue weighted by Crippen LogP contribution is -2.19. The quantitative estimate of drug-likeness (QED) is 0.174. The van der Waals surface area contributed by atoms with E-state index in [1.807, 2.05) is 0 Å². The number of unbranched alkanes of at least 4 members (excludes halogenated alkanes) is 6. The highest BCUT2D eigenvalue weighted by molar-refractivity contribution is 6.50. The van der Waals surface area contributed by atoms with Gasteiger partial charge in [-0.1, -0.05) is 126 Å². The van der Waals surface area contributed by atoms with Gasteiger partial charge in [0.1, 0.15) is 0 Å². The van der Waals surface area contributed by atoms with E-state index in [1.54, 1.807) is 0 Å². The Morgan fingerprint density at radius 3 is 1.96 bits per heavy atom. The van der Waals surface area contributed by atoms with Crippen LogP contribution in [0.15, 0.2) is 35.9 Å². The summed E-state index contributed by atoms with van der Waals surface area (Å²) in [7, 11) is 2.53. The lowest BCUT2D eigenvalue weighted by Gasteiger charge is -2.30. The van der Waals surface area contributed by atoms with Crippen molar-refractivity contribution in [1.29, 1.82) is 0 Å². The Balaban J connectivity index is 4.72. The molecule has 0 nitrogen and oxygen atoms in total. The van der Waals surface area contributed by atoms with Gasteiger partial charge in [-0.2, -0.15) is 0 Å². The van der Waals surface area contributed by atoms with Gasteiger partial charge in [-0.25, -0.2) is 0 Å². The third-order valence-corrected chi connectivity index (χ3v) is 4.56. The largest absolute Gasteiger partial charge is 0.158 e. The van der Waals surface area contributed by atoms with Crippen LogP contribution in [0.1, 0.15) is 98.8 Å². The van der Waals surface area contributed by atoms with Gasteiger partial charge in [0, 0.05) is 0 Å². The molecule has 0 bridgehead atoms. The number of hydrogen-bond acceptors (Lipinski definition) is 0. The van der Waals surface area contributed by atoms with Crippen LogP contribution in [-0.2, 0) is 0 Å². The SMILES string of the molecule is C\C=C/C=C([B]C(C)(CCCCC)CCCCCCC)\C=C/C. The summed E-state index contributed by atoms with van der Waals surface area (Å²) in [6.45, 7) is 11.2. The van der Waals surface area contributed by atoms with Gasteiger partial charge in [0.05, 0.1) is 0 Å². The summed E-state index contributed by atoms with van der Waals surface area (Å²) in [5.41, 5.74) is 1.36. The van der Waals surface area contributed by atoms with Crippen molar-refractivity contribution < 1.29 is 0 Å². The van der Waals surface area contributed by atoms with Gasteiger partial charge in [-0.05, 0) is 13.8 Å². The molecular weight excluding hydrogens is 275 g/mol. The molecule has 1 heteroatoms. The number of rotatable bonds is 14. The Labute approximate surface area is 147 Å². The molecule has 0 saturated heterocycles. The maximum atomic E-state index is 2.53. The van der Waals surface area contributed by atoms with E-state index in [4.69, 9.17) is 0 Å². The lowest BCUT2D eigenvalue weighted by molar-refractivity contribution is 0.453. The third kappa shape index (κ3) is 12.4. The summed E-state index contributed by atoms with van der Waals surface area (Å²) < 4.78 is 0. The van der Waals surface area contributed by atoms with E-state index in [0.29, 0.717) is 5.31 Å². The van der Waals surface area contributed by atoms with Crippen molar-refractivity contribution in [3.63, 3.8) is 0 Å². The minimum atomic E-state index is 0.342. The summed E-state index contributed by atoms with van der Waals surface area (Å²) in [4.78, 5) is 0. The zero-order valence-electron chi connectivity index (χ0n) is 16.5. The van der Waals surface area contributed by atoms with E-state index in [0.717, 1.165) is 0 Å². The molecule has 0 aliphatic heterocycles. The van der Waals surface area contributed by atoms with Crippen molar-refractivity contribution in [1.82, 2.24) is 0 Å². The van der Waals surface area contributed by atoms with Crippen LogP contribution in [-0.4, -0.2) is 7.28 Å². The van der Waals surface area contributed by atoms with E-state index in [9.17, 15) is 0 Å². The zero-order valence-corrected chi connectivity index (χ0v) is 16.5. The predicted octanol–water partition coefficient (Wildman–Crippen LogP) is 7.85. The van der Waals surface area contributed by atoms with Gasteiger partial charge >= 0.3 is 0 Å². The van der Waals surface area contributed by atoms with E-state index in [2.05, 4.69) is 72.3 Å². The van der Waals surface area contributed by atoms with Crippen LogP contribution < -0.4 is 0 Å². The number of allylic oxidation sites excluding steroid dienone is 6. The lowest BCUT2D eigenvalue weighted by atomic mass is 9.45. The standard InChI is InChI=1S/C22H40B/c1-6-10-13-14-16-20-22(5,19-15-11-7-2)23-21(17-9-4)18-12-8-3/h8-9,12,17-18H,6-7,10-11,13-16,19-20H2,1-5H3/b12-8-,17-9-,21-18+. The molecule has 0 aromatic carbocycles. The van der Waals surface area contributed by atoms with Crippen LogP contribution in [0.25, 0.3) is 0 Å². The molecular formula is C22H40B. The van der Waals surface area contributed by atoms with Gasteiger partial charge in [-0.3, -0.25) is 0 Å². The Bertz CT molecular complexity index is 351.